The van der Waals surface area contributed by atoms with Crippen LogP contribution in [-0.4, -0.2) is 12.6 Å². The zero-order valence-corrected chi connectivity index (χ0v) is 12.8. The molecule has 1 saturated carbocycles. The van der Waals surface area contributed by atoms with Crippen LogP contribution in [0.2, 0.25) is 0 Å². The molecule has 1 aliphatic rings. The van der Waals surface area contributed by atoms with Crippen LogP contribution in [0.4, 0.5) is 0 Å². The van der Waals surface area contributed by atoms with Crippen molar-refractivity contribution in [1.82, 2.24) is 5.32 Å². The van der Waals surface area contributed by atoms with Crippen LogP contribution in [-0.2, 0) is 6.42 Å². The highest BCUT2D eigenvalue weighted by molar-refractivity contribution is 5.27. The third kappa shape index (κ3) is 4.07. The van der Waals surface area contributed by atoms with Crippen LogP contribution in [0.5, 0.6) is 0 Å². The molecule has 1 N–H and O–H groups in total. The summed E-state index contributed by atoms with van der Waals surface area (Å²) < 4.78 is 0. The molecule has 0 aliphatic heterocycles. The fourth-order valence-corrected chi connectivity index (χ4v) is 3.00. The van der Waals surface area contributed by atoms with Crippen LogP contribution < -0.4 is 5.32 Å². The summed E-state index contributed by atoms with van der Waals surface area (Å²) in [5.41, 5.74) is 3.10. The average Bonchev–Trinajstić information content (AvgIpc) is 2.32. The molecule has 0 saturated heterocycles. The molecule has 1 heteroatoms. The lowest BCUT2D eigenvalue weighted by Crippen LogP contribution is -2.34. The van der Waals surface area contributed by atoms with Gasteiger partial charge in [-0.15, -0.1) is 0 Å². The number of aryl methyl sites for hydroxylation is 1. The maximum absolute atomic E-state index is 3.61. The molecule has 1 atom stereocenters. The fourth-order valence-electron chi connectivity index (χ4n) is 3.00. The van der Waals surface area contributed by atoms with Crippen LogP contribution >= 0.6 is 0 Å². The molecule has 0 radical (unpaired) electrons. The molecule has 0 spiro atoms. The van der Waals surface area contributed by atoms with Gasteiger partial charge in [-0.3, -0.25) is 0 Å². The van der Waals surface area contributed by atoms with Gasteiger partial charge in [0.2, 0.25) is 0 Å². The van der Waals surface area contributed by atoms with Crippen molar-refractivity contribution >= 4 is 0 Å². The van der Waals surface area contributed by atoms with Gasteiger partial charge in [0.15, 0.2) is 0 Å². The SMILES string of the molecule is CCNC(CCc1cccc(C2CCC2)c1)C(C)C. The van der Waals surface area contributed by atoms with Crippen LogP contribution in [0.3, 0.4) is 0 Å². The summed E-state index contributed by atoms with van der Waals surface area (Å²) in [5, 5.41) is 3.61. The average molecular weight is 259 g/mol. The molecule has 1 nitrogen and oxygen atoms in total. The van der Waals surface area contributed by atoms with Gasteiger partial charge in [-0.25, -0.2) is 0 Å². The van der Waals surface area contributed by atoms with Gasteiger partial charge in [-0.2, -0.15) is 0 Å². The van der Waals surface area contributed by atoms with Crippen molar-refractivity contribution < 1.29 is 0 Å². The standard InChI is InChI=1S/C18H29N/c1-4-19-18(14(2)3)12-11-15-7-5-10-17(13-15)16-8-6-9-16/h5,7,10,13-14,16,18-19H,4,6,8-9,11-12H2,1-3H3. The van der Waals surface area contributed by atoms with Gasteiger partial charge >= 0.3 is 0 Å². The smallest absolute Gasteiger partial charge is 0.00931 e. The number of benzene rings is 1. The van der Waals surface area contributed by atoms with E-state index in [0.717, 1.165) is 18.4 Å². The molecule has 0 bridgehead atoms. The van der Waals surface area contributed by atoms with Crippen LogP contribution in [0, 0.1) is 5.92 Å². The monoisotopic (exact) mass is 259 g/mol. The third-order valence-corrected chi connectivity index (χ3v) is 4.54. The number of hydrogen-bond donors (Lipinski definition) is 1. The van der Waals surface area contributed by atoms with Crippen molar-refractivity contribution in [1.29, 1.82) is 0 Å². The Bertz CT molecular complexity index is 379. The van der Waals surface area contributed by atoms with E-state index in [4.69, 9.17) is 0 Å². The summed E-state index contributed by atoms with van der Waals surface area (Å²) in [6.07, 6.45) is 6.67. The van der Waals surface area contributed by atoms with Gasteiger partial charge in [0.1, 0.15) is 0 Å². The molecular formula is C18H29N. The lowest BCUT2D eigenvalue weighted by molar-refractivity contribution is 0.385. The van der Waals surface area contributed by atoms with E-state index in [0.29, 0.717) is 6.04 Å². The highest BCUT2D eigenvalue weighted by Gasteiger charge is 2.19. The van der Waals surface area contributed by atoms with Crippen molar-refractivity contribution in [3.63, 3.8) is 0 Å². The second kappa shape index (κ2) is 7.09. The minimum Gasteiger partial charge on any atom is -0.314 e. The van der Waals surface area contributed by atoms with Gasteiger partial charge in [0.05, 0.1) is 0 Å². The maximum Gasteiger partial charge on any atom is 0.00931 e. The first-order valence-electron chi connectivity index (χ1n) is 8.03. The Hall–Kier alpha value is -0.820. The number of hydrogen-bond acceptors (Lipinski definition) is 1. The second-order valence-electron chi connectivity index (χ2n) is 6.32. The van der Waals surface area contributed by atoms with Crippen molar-refractivity contribution in [2.45, 2.75) is 64.8 Å². The topological polar surface area (TPSA) is 12.0 Å². The van der Waals surface area contributed by atoms with Crippen molar-refractivity contribution in [3.05, 3.63) is 35.4 Å². The Morgan fingerprint density at radius 2 is 2.05 bits per heavy atom. The Kier molecular flexibility index (Phi) is 5.45. The van der Waals surface area contributed by atoms with Crippen molar-refractivity contribution in [3.8, 4) is 0 Å². The lowest BCUT2D eigenvalue weighted by Gasteiger charge is -2.26. The lowest BCUT2D eigenvalue weighted by atomic mass is 9.79. The Labute approximate surface area is 118 Å². The number of nitrogens with one attached hydrogen (secondary N) is 1. The van der Waals surface area contributed by atoms with Crippen LogP contribution in [0.1, 0.15) is 63.5 Å². The molecule has 0 aromatic heterocycles. The summed E-state index contributed by atoms with van der Waals surface area (Å²) in [4.78, 5) is 0. The van der Waals surface area contributed by atoms with Crippen LogP contribution in [0.25, 0.3) is 0 Å². The van der Waals surface area contributed by atoms with E-state index in [-0.39, 0.29) is 0 Å². The normalized spacial score (nSPS) is 17.5. The molecule has 1 aromatic rings. The van der Waals surface area contributed by atoms with E-state index < -0.39 is 0 Å². The largest absolute Gasteiger partial charge is 0.314 e. The molecule has 1 fully saturated rings. The predicted octanol–water partition coefficient (Wildman–Crippen LogP) is 4.52. The van der Waals surface area contributed by atoms with E-state index in [2.05, 4.69) is 50.4 Å². The molecule has 1 aromatic carbocycles. The Balaban J connectivity index is 1.90. The highest BCUT2D eigenvalue weighted by atomic mass is 14.9. The number of rotatable bonds is 7. The van der Waals surface area contributed by atoms with Crippen molar-refractivity contribution in [2.75, 3.05) is 6.54 Å². The highest BCUT2D eigenvalue weighted by Crippen LogP contribution is 2.36. The summed E-state index contributed by atoms with van der Waals surface area (Å²) in [6.45, 7) is 7.91. The van der Waals surface area contributed by atoms with E-state index in [1.54, 1.807) is 5.56 Å². The summed E-state index contributed by atoms with van der Waals surface area (Å²) in [5.74, 6) is 1.57. The van der Waals surface area contributed by atoms with Gasteiger partial charge in [0.25, 0.3) is 0 Å². The molecule has 0 amide bonds. The molecular weight excluding hydrogens is 230 g/mol. The fraction of sp³-hybridized carbons (Fsp3) is 0.667. The Morgan fingerprint density at radius 3 is 2.63 bits per heavy atom. The van der Waals surface area contributed by atoms with Gasteiger partial charge in [-0.05, 0) is 55.2 Å². The molecule has 2 rings (SSSR count). The minimum atomic E-state index is 0.650. The van der Waals surface area contributed by atoms with Gasteiger partial charge in [0, 0.05) is 6.04 Å². The summed E-state index contributed by atoms with van der Waals surface area (Å²) >= 11 is 0. The summed E-state index contributed by atoms with van der Waals surface area (Å²) in [7, 11) is 0. The first-order chi connectivity index (χ1) is 9.20. The van der Waals surface area contributed by atoms with Gasteiger partial charge < -0.3 is 5.32 Å². The van der Waals surface area contributed by atoms with Crippen LogP contribution in [0.15, 0.2) is 24.3 Å². The zero-order chi connectivity index (χ0) is 13.7. The minimum absolute atomic E-state index is 0.650. The maximum atomic E-state index is 3.61. The van der Waals surface area contributed by atoms with E-state index in [1.807, 2.05) is 0 Å². The van der Waals surface area contributed by atoms with Crippen molar-refractivity contribution in [2.24, 2.45) is 5.92 Å². The zero-order valence-electron chi connectivity index (χ0n) is 12.8. The molecule has 106 valence electrons. The molecule has 1 aliphatic carbocycles. The molecule has 19 heavy (non-hydrogen) atoms. The van der Waals surface area contributed by atoms with Gasteiger partial charge in [-0.1, -0.05) is 51.5 Å². The Morgan fingerprint density at radius 1 is 1.26 bits per heavy atom. The third-order valence-electron chi connectivity index (χ3n) is 4.54. The van der Waals surface area contributed by atoms with E-state index in [9.17, 15) is 0 Å². The molecule has 0 heterocycles. The summed E-state index contributed by atoms with van der Waals surface area (Å²) in [6, 6.07) is 9.97. The second-order valence-corrected chi connectivity index (χ2v) is 6.32. The molecule has 1 unspecified atom stereocenters. The van der Waals surface area contributed by atoms with E-state index in [1.165, 1.54) is 37.7 Å². The first-order valence-corrected chi connectivity index (χ1v) is 8.03. The first kappa shape index (κ1) is 14.6. The quantitative estimate of drug-likeness (QED) is 0.759. The predicted molar refractivity (Wildman–Crippen MR) is 83.7 cm³/mol. The van der Waals surface area contributed by atoms with E-state index >= 15 is 0 Å².